The summed E-state index contributed by atoms with van der Waals surface area (Å²) >= 11 is 1.85. The summed E-state index contributed by atoms with van der Waals surface area (Å²) in [6.07, 6.45) is 0. The maximum Gasteiger partial charge on any atom is 0.159 e. The van der Waals surface area contributed by atoms with Gasteiger partial charge in [0.2, 0.25) is 0 Å². The minimum atomic E-state index is 0.906. The van der Waals surface area contributed by atoms with Crippen molar-refractivity contribution in [3.8, 4) is 16.8 Å². The summed E-state index contributed by atoms with van der Waals surface area (Å²) in [6, 6.07) is 61.3. The van der Waals surface area contributed by atoms with Crippen molar-refractivity contribution < 1.29 is 4.42 Å². The van der Waals surface area contributed by atoms with Crippen molar-refractivity contribution in [2.45, 2.75) is 9.79 Å². The molecule has 3 nitrogen and oxygen atoms in total. The maximum atomic E-state index is 6.51. The molecule has 0 amide bonds. The van der Waals surface area contributed by atoms with E-state index in [4.69, 9.17) is 4.42 Å². The number of rotatable bonds is 3. The van der Waals surface area contributed by atoms with Gasteiger partial charge in [-0.2, -0.15) is 0 Å². The molecule has 0 spiro atoms. The van der Waals surface area contributed by atoms with Gasteiger partial charge in [-0.1, -0.05) is 115 Å². The Kier molecular flexibility index (Phi) is 5.89. The van der Waals surface area contributed by atoms with E-state index in [0.717, 1.165) is 38.7 Å². The normalized spacial score (nSPS) is 12.7. The topological polar surface area (TPSA) is 21.3 Å². The number of para-hydroxylation sites is 4. The van der Waals surface area contributed by atoms with Crippen molar-refractivity contribution in [3.63, 3.8) is 0 Å². The average Bonchev–Trinajstić information content (AvgIpc) is 3.72. The molecule has 0 radical (unpaired) electrons. The summed E-state index contributed by atoms with van der Waals surface area (Å²) in [5.74, 6) is 0. The molecule has 11 rings (SSSR count). The largest absolute Gasteiger partial charge is 0.454 e. The average molecular weight is 657 g/mol. The zero-order valence-electron chi connectivity index (χ0n) is 26.9. The lowest BCUT2D eigenvalue weighted by molar-refractivity contribution is 0.666. The highest BCUT2D eigenvalue weighted by Gasteiger charge is 2.26. The molecule has 1 aliphatic rings. The molecule has 0 fully saturated rings. The highest BCUT2D eigenvalue weighted by Crippen LogP contribution is 2.52. The van der Waals surface area contributed by atoms with Crippen LogP contribution in [-0.4, -0.2) is 4.57 Å². The van der Waals surface area contributed by atoms with Crippen LogP contribution in [0.2, 0.25) is 0 Å². The van der Waals surface area contributed by atoms with Gasteiger partial charge in [0.25, 0.3) is 0 Å². The van der Waals surface area contributed by atoms with Gasteiger partial charge in [-0.25, -0.2) is 0 Å². The minimum Gasteiger partial charge on any atom is -0.454 e. The summed E-state index contributed by atoms with van der Waals surface area (Å²) in [4.78, 5) is 4.91. The molecule has 0 atom stereocenters. The first kappa shape index (κ1) is 27.7. The smallest absolute Gasteiger partial charge is 0.159 e. The second-order valence-corrected chi connectivity index (χ2v) is 14.0. The highest BCUT2D eigenvalue weighted by atomic mass is 32.2. The van der Waals surface area contributed by atoms with E-state index in [9.17, 15) is 0 Å². The van der Waals surface area contributed by atoms with Crippen LogP contribution in [0.4, 0.5) is 17.1 Å². The maximum absolute atomic E-state index is 6.51. The van der Waals surface area contributed by atoms with Crippen LogP contribution in [0, 0.1) is 0 Å². The number of nitrogens with zero attached hydrogens (tertiary/aromatic N) is 2. The predicted octanol–water partition coefficient (Wildman–Crippen LogP) is 13.4. The van der Waals surface area contributed by atoms with Crippen LogP contribution in [0.3, 0.4) is 0 Å². The molecule has 4 heteroatoms. The van der Waals surface area contributed by atoms with Gasteiger partial charge in [-0.05, 0) is 88.6 Å². The van der Waals surface area contributed by atoms with E-state index in [1.165, 1.54) is 59.5 Å². The molecular weight excluding hydrogens is 629 g/mol. The zero-order chi connectivity index (χ0) is 32.8. The van der Waals surface area contributed by atoms with E-state index in [0.29, 0.717) is 0 Å². The molecule has 234 valence electrons. The first-order valence-electron chi connectivity index (χ1n) is 16.9. The molecule has 2 aromatic heterocycles. The van der Waals surface area contributed by atoms with Crippen LogP contribution in [0.15, 0.2) is 184 Å². The van der Waals surface area contributed by atoms with Gasteiger partial charge in [0.1, 0.15) is 5.58 Å². The van der Waals surface area contributed by atoms with Crippen LogP contribution in [0.25, 0.3) is 71.3 Å². The van der Waals surface area contributed by atoms with Crippen LogP contribution < -0.4 is 4.90 Å². The van der Waals surface area contributed by atoms with Crippen molar-refractivity contribution in [2.24, 2.45) is 0 Å². The zero-order valence-corrected chi connectivity index (χ0v) is 27.7. The third-order valence-corrected chi connectivity index (χ3v) is 11.3. The summed E-state index contributed by atoms with van der Waals surface area (Å²) < 4.78 is 8.87. The van der Waals surface area contributed by atoms with E-state index >= 15 is 0 Å². The molecule has 10 aromatic rings. The van der Waals surface area contributed by atoms with Gasteiger partial charge < -0.3 is 13.9 Å². The van der Waals surface area contributed by atoms with E-state index < -0.39 is 0 Å². The lowest BCUT2D eigenvalue weighted by Gasteiger charge is -2.33. The molecular formula is C46H28N2OS. The summed E-state index contributed by atoms with van der Waals surface area (Å²) in [7, 11) is 0. The first-order chi connectivity index (χ1) is 24.8. The number of anilines is 3. The molecule has 50 heavy (non-hydrogen) atoms. The second kappa shape index (κ2) is 10.6. The minimum absolute atomic E-state index is 0.906. The first-order valence-corrected chi connectivity index (χ1v) is 17.7. The van der Waals surface area contributed by atoms with Crippen molar-refractivity contribution >= 4 is 83.3 Å². The molecule has 8 aromatic carbocycles. The lowest BCUT2D eigenvalue weighted by Crippen LogP contribution is -2.14. The second-order valence-electron chi connectivity index (χ2n) is 13.0. The van der Waals surface area contributed by atoms with E-state index in [1.807, 2.05) is 23.9 Å². The molecule has 0 bridgehead atoms. The summed E-state index contributed by atoms with van der Waals surface area (Å²) in [6.45, 7) is 0. The van der Waals surface area contributed by atoms with Crippen molar-refractivity contribution in [1.29, 1.82) is 0 Å². The summed E-state index contributed by atoms with van der Waals surface area (Å²) in [5, 5.41) is 7.20. The third kappa shape index (κ3) is 4.06. The Morgan fingerprint density at radius 2 is 1.12 bits per heavy atom. The number of benzene rings is 8. The Morgan fingerprint density at radius 1 is 0.420 bits per heavy atom. The summed E-state index contributed by atoms with van der Waals surface area (Å²) in [5.41, 5.74) is 11.2. The molecule has 0 N–H and O–H groups in total. The fourth-order valence-corrected chi connectivity index (χ4v) is 8.95. The molecule has 0 unspecified atom stereocenters. The van der Waals surface area contributed by atoms with Crippen molar-refractivity contribution in [2.75, 3.05) is 4.90 Å². The van der Waals surface area contributed by atoms with Crippen LogP contribution >= 0.6 is 11.8 Å². The van der Waals surface area contributed by atoms with E-state index in [-0.39, 0.29) is 0 Å². The van der Waals surface area contributed by atoms with Crippen LogP contribution in [0.1, 0.15) is 0 Å². The van der Waals surface area contributed by atoms with Gasteiger partial charge >= 0.3 is 0 Å². The van der Waals surface area contributed by atoms with E-state index in [2.05, 4.69) is 167 Å². The molecule has 0 saturated heterocycles. The van der Waals surface area contributed by atoms with Crippen LogP contribution in [-0.2, 0) is 0 Å². The molecule has 0 saturated carbocycles. The fraction of sp³-hybridized carbons (Fsp3) is 0. The fourth-order valence-electron chi connectivity index (χ4n) is 7.85. The number of furan rings is 1. The van der Waals surface area contributed by atoms with Gasteiger partial charge in [0.15, 0.2) is 5.58 Å². The van der Waals surface area contributed by atoms with Crippen molar-refractivity contribution in [1.82, 2.24) is 4.57 Å². The molecule has 1 aliphatic heterocycles. The number of fused-ring (bicyclic) bond motifs is 9. The Bertz CT molecular complexity index is 2990. The van der Waals surface area contributed by atoms with Gasteiger partial charge in [0.05, 0.1) is 28.1 Å². The van der Waals surface area contributed by atoms with Crippen molar-refractivity contribution in [3.05, 3.63) is 170 Å². The number of hydrogen-bond acceptors (Lipinski definition) is 3. The SMILES string of the molecule is c1ccc2c(c1)Sc1cc(-c3ccc4c(c3)c3ccccc3n4-c3cccc4c3oc3ccccc34)ccc1N2c1ccc2ccccc2c1. The standard InChI is InChI=1S/C46H28N2OS/c1-2-11-30-26-33(23-20-29(30)10-1)47-40-16-6-8-19-44(40)50-45-28-32(22-25-41(45)47)31-21-24-39-37(27-31)34-12-3-5-15-38(34)48(39)42-17-9-14-36-35-13-4-7-18-43(35)49-46(36)42/h1-28H. The highest BCUT2D eigenvalue weighted by molar-refractivity contribution is 7.99. The Hall–Kier alpha value is -6.23. The number of aromatic nitrogens is 1. The Labute approximate surface area is 292 Å². The van der Waals surface area contributed by atoms with E-state index in [1.54, 1.807) is 0 Å². The molecule has 0 aliphatic carbocycles. The van der Waals surface area contributed by atoms with Gasteiger partial charge in [-0.3, -0.25) is 0 Å². The van der Waals surface area contributed by atoms with Gasteiger partial charge in [-0.15, -0.1) is 0 Å². The van der Waals surface area contributed by atoms with Crippen LogP contribution in [0.5, 0.6) is 0 Å². The quantitative estimate of drug-likeness (QED) is 0.189. The Balaban J connectivity index is 1.07. The lowest BCUT2D eigenvalue weighted by atomic mass is 10.0. The number of hydrogen-bond donors (Lipinski definition) is 0. The van der Waals surface area contributed by atoms with Gasteiger partial charge in [0, 0.05) is 37.0 Å². The third-order valence-electron chi connectivity index (χ3n) is 10.1. The Morgan fingerprint density at radius 3 is 2.08 bits per heavy atom. The molecule has 3 heterocycles. The monoisotopic (exact) mass is 656 g/mol. The predicted molar refractivity (Wildman–Crippen MR) is 210 cm³/mol.